The smallest absolute Gasteiger partial charge is 0.136 e. The number of nitroso groups, excluding NO2 is 1. The Hall–Kier alpha value is -1.42. The van der Waals surface area contributed by atoms with Gasteiger partial charge in [0.15, 0.2) is 0 Å². The van der Waals surface area contributed by atoms with E-state index in [2.05, 4.69) is 5.18 Å². The van der Waals surface area contributed by atoms with E-state index in [4.69, 9.17) is 5.21 Å². The SMILES string of the molecule is Cc1cccc(NO)c1N=O. The minimum atomic E-state index is 0.245. The summed E-state index contributed by atoms with van der Waals surface area (Å²) in [4.78, 5) is 10.2. The second kappa shape index (κ2) is 3.12. The maximum absolute atomic E-state index is 10.2. The standard InChI is InChI=1S/C7H8N2O2/c1-5-3-2-4-6(8-10)7(5)9-11/h2-4,8,10H,1H3. The number of hydrogen-bond donors (Lipinski definition) is 2. The Morgan fingerprint density at radius 2 is 2.27 bits per heavy atom. The topological polar surface area (TPSA) is 61.7 Å². The molecule has 0 amide bonds. The van der Waals surface area contributed by atoms with Gasteiger partial charge in [0.1, 0.15) is 5.69 Å². The van der Waals surface area contributed by atoms with Gasteiger partial charge in [0.05, 0.1) is 5.69 Å². The van der Waals surface area contributed by atoms with Crippen LogP contribution in [0.2, 0.25) is 0 Å². The van der Waals surface area contributed by atoms with E-state index in [1.165, 1.54) is 0 Å². The molecule has 0 unspecified atom stereocenters. The lowest BCUT2D eigenvalue weighted by atomic mass is 10.2. The largest absolute Gasteiger partial charge is 0.291 e. The van der Waals surface area contributed by atoms with Gasteiger partial charge in [-0.05, 0) is 23.7 Å². The molecular formula is C7H8N2O2. The van der Waals surface area contributed by atoms with E-state index in [1.54, 1.807) is 25.1 Å². The molecule has 0 saturated heterocycles. The molecule has 1 aromatic rings. The molecule has 11 heavy (non-hydrogen) atoms. The van der Waals surface area contributed by atoms with Crippen molar-refractivity contribution in [1.29, 1.82) is 0 Å². The second-order valence-corrected chi connectivity index (χ2v) is 2.17. The number of aryl methyl sites for hydroxylation is 1. The molecular weight excluding hydrogens is 144 g/mol. The van der Waals surface area contributed by atoms with Crippen molar-refractivity contribution in [2.24, 2.45) is 5.18 Å². The summed E-state index contributed by atoms with van der Waals surface area (Å²) >= 11 is 0. The first-order valence-electron chi connectivity index (χ1n) is 3.12. The van der Waals surface area contributed by atoms with Gasteiger partial charge in [0, 0.05) is 0 Å². The molecule has 0 aliphatic heterocycles. The normalized spacial score (nSPS) is 9.27. The summed E-state index contributed by atoms with van der Waals surface area (Å²) in [6, 6.07) is 5.05. The summed E-state index contributed by atoms with van der Waals surface area (Å²) in [6.07, 6.45) is 0. The minimum Gasteiger partial charge on any atom is -0.291 e. The van der Waals surface area contributed by atoms with Gasteiger partial charge in [-0.3, -0.25) is 10.7 Å². The van der Waals surface area contributed by atoms with Gasteiger partial charge >= 0.3 is 0 Å². The number of benzene rings is 1. The highest BCUT2D eigenvalue weighted by Gasteiger charge is 2.03. The summed E-state index contributed by atoms with van der Waals surface area (Å²) in [5.41, 5.74) is 3.21. The highest BCUT2D eigenvalue weighted by atomic mass is 16.5. The number of nitrogens with one attached hydrogen (secondary N) is 1. The highest BCUT2D eigenvalue weighted by molar-refractivity contribution is 5.67. The predicted molar refractivity (Wildman–Crippen MR) is 42.0 cm³/mol. The van der Waals surface area contributed by atoms with Gasteiger partial charge < -0.3 is 0 Å². The van der Waals surface area contributed by atoms with Crippen molar-refractivity contribution in [3.63, 3.8) is 0 Å². The zero-order valence-corrected chi connectivity index (χ0v) is 6.03. The van der Waals surface area contributed by atoms with Crippen molar-refractivity contribution in [2.75, 3.05) is 5.48 Å². The van der Waals surface area contributed by atoms with Crippen LogP contribution in [-0.4, -0.2) is 5.21 Å². The van der Waals surface area contributed by atoms with Crippen LogP contribution in [-0.2, 0) is 0 Å². The molecule has 1 rings (SSSR count). The Morgan fingerprint density at radius 1 is 1.55 bits per heavy atom. The molecule has 0 saturated carbocycles. The lowest BCUT2D eigenvalue weighted by Crippen LogP contribution is -1.89. The molecule has 0 bridgehead atoms. The Kier molecular flexibility index (Phi) is 2.18. The Bertz CT molecular complexity index is 273. The van der Waals surface area contributed by atoms with Crippen LogP contribution in [0, 0.1) is 11.8 Å². The molecule has 0 heterocycles. The van der Waals surface area contributed by atoms with Crippen molar-refractivity contribution in [2.45, 2.75) is 6.92 Å². The Balaban J connectivity index is 3.24. The molecule has 0 fully saturated rings. The summed E-state index contributed by atoms with van der Waals surface area (Å²) in [6.45, 7) is 1.75. The molecule has 0 aromatic heterocycles. The summed E-state index contributed by atoms with van der Waals surface area (Å²) < 4.78 is 0. The van der Waals surface area contributed by atoms with Crippen LogP contribution < -0.4 is 5.48 Å². The lowest BCUT2D eigenvalue weighted by molar-refractivity contribution is 0.389. The van der Waals surface area contributed by atoms with Gasteiger partial charge in [0.25, 0.3) is 0 Å². The van der Waals surface area contributed by atoms with Gasteiger partial charge in [-0.2, -0.15) is 0 Å². The van der Waals surface area contributed by atoms with Crippen molar-refractivity contribution in [1.82, 2.24) is 0 Å². The first-order valence-corrected chi connectivity index (χ1v) is 3.12. The van der Waals surface area contributed by atoms with Gasteiger partial charge in [-0.15, -0.1) is 4.91 Å². The monoisotopic (exact) mass is 152 g/mol. The van der Waals surface area contributed by atoms with Crippen LogP contribution in [0.25, 0.3) is 0 Å². The zero-order chi connectivity index (χ0) is 8.27. The van der Waals surface area contributed by atoms with E-state index in [-0.39, 0.29) is 5.69 Å². The summed E-state index contributed by atoms with van der Waals surface area (Å²) in [7, 11) is 0. The first kappa shape index (κ1) is 7.68. The molecule has 2 N–H and O–H groups in total. The average Bonchev–Trinajstić information content (AvgIpc) is 2.04. The van der Waals surface area contributed by atoms with E-state index in [0.29, 0.717) is 5.69 Å². The molecule has 0 atom stereocenters. The van der Waals surface area contributed by atoms with Crippen molar-refractivity contribution in [3.8, 4) is 0 Å². The maximum Gasteiger partial charge on any atom is 0.136 e. The van der Waals surface area contributed by atoms with Crippen LogP contribution in [0.15, 0.2) is 23.4 Å². The fraction of sp³-hybridized carbons (Fsp3) is 0.143. The fourth-order valence-electron chi connectivity index (χ4n) is 0.870. The fourth-order valence-corrected chi connectivity index (χ4v) is 0.870. The molecule has 58 valence electrons. The van der Waals surface area contributed by atoms with Gasteiger partial charge in [0.2, 0.25) is 0 Å². The Labute approximate surface area is 63.8 Å². The number of anilines is 1. The highest BCUT2D eigenvalue weighted by Crippen LogP contribution is 2.27. The van der Waals surface area contributed by atoms with E-state index in [9.17, 15) is 4.91 Å². The molecule has 0 aliphatic rings. The molecule has 0 aliphatic carbocycles. The van der Waals surface area contributed by atoms with Gasteiger partial charge in [-0.25, -0.2) is 0 Å². The second-order valence-electron chi connectivity index (χ2n) is 2.17. The van der Waals surface area contributed by atoms with Crippen LogP contribution >= 0.6 is 0 Å². The van der Waals surface area contributed by atoms with E-state index < -0.39 is 0 Å². The summed E-state index contributed by atoms with van der Waals surface area (Å²) in [5, 5.41) is 11.3. The maximum atomic E-state index is 10.2. The molecule has 0 radical (unpaired) electrons. The third-order valence-electron chi connectivity index (χ3n) is 1.45. The third kappa shape index (κ3) is 1.35. The van der Waals surface area contributed by atoms with Crippen molar-refractivity contribution < 1.29 is 5.21 Å². The predicted octanol–water partition coefficient (Wildman–Crippen LogP) is 2.19. The van der Waals surface area contributed by atoms with E-state index in [1.807, 2.05) is 5.48 Å². The zero-order valence-electron chi connectivity index (χ0n) is 6.03. The van der Waals surface area contributed by atoms with Crippen LogP contribution in [0.4, 0.5) is 11.4 Å². The van der Waals surface area contributed by atoms with Gasteiger partial charge in [-0.1, -0.05) is 12.1 Å². The van der Waals surface area contributed by atoms with Crippen LogP contribution in [0.1, 0.15) is 5.56 Å². The number of rotatable bonds is 2. The molecule has 4 nitrogen and oxygen atoms in total. The number of nitrogens with zero attached hydrogens (tertiary/aromatic N) is 1. The Morgan fingerprint density at radius 3 is 2.73 bits per heavy atom. The quantitative estimate of drug-likeness (QED) is 0.504. The minimum absolute atomic E-state index is 0.245. The van der Waals surface area contributed by atoms with Crippen LogP contribution in [0.3, 0.4) is 0 Å². The van der Waals surface area contributed by atoms with Crippen molar-refractivity contribution in [3.05, 3.63) is 28.7 Å². The third-order valence-corrected chi connectivity index (χ3v) is 1.45. The number of hydrogen-bond acceptors (Lipinski definition) is 4. The van der Waals surface area contributed by atoms with E-state index >= 15 is 0 Å². The van der Waals surface area contributed by atoms with E-state index in [0.717, 1.165) is 5.56 Å². The summed E-state index contributed by atoms with van der Waals surface area (Å²) in [5.74, 6) is 0. The molecule has 0 spiro atoms. The molecule has 1 aromatic carbocycles. The lowest BCUT2D eigenvalue weighted by Gasteiger charge is -2.02. The average molecular weight is 152 g/mol. The first-order chi connectivity index (χ1) is 5.29. The van der Waals surface area contributed by atoms with Crippen LogP contribution in [0.5, 0.6) is 0 Å². The van der Waals surface area contributed by atoms with Crippen molar-refractivity contribution >= 4 is 11.4 Å². The molecule has 4 heteroatoms.